The molecule has 2 atom stereocenters. The molecule has 1 amide bonds. The largest absolute Gasteiger partial charge is 0.423 e. The SMILES string of the molecule is Cc1nnc([C@H]2CN(C(=O)[C@H](C)c3cccs3)CCO2)o1. The molecular formula is C14H17N3O3S. The molecule has 2 aromatic rings. The maximum atomic E-state index is 12.6. The molecule has 1 aliphatic heterocycles. The van der Waals surface area contributed by atoms with Crippen LogP contribution >= 0.6 is 11.3 Å². The van der Waals surface area contributed by atoms with E-state index in [1.165, 1.54) is 0 Å². The Balaban J connectivity index is 1.69. The van der Waals surface area contributed by atoms with Crippen LogP contribution in [0.4, 0.5) is 0 Å². The lowest BCUT2D eigenvalue weighted by Gasteiger charge is -2.32. The van der Waals surface area contributed by atoms with Crippen LogP contribution in [0, 0.1) is 6.92 Å². The monoisotopic (exact) mass is 307 g/mol. The number of rotatable bonds is 3. The molecule has 0 spiro atoms. The van der Waals surface area contributed by atoms with Crippen LogP contribution in [0.3, 0.4) is 0 Å². The highest BCUT2D eigenvalue weighted by Gasteiger charge is 2.31. The van der Waals surface area contributed by atoms with E-state index >= 15 is 0 Å². The normalized spacial score (nSPS) is 20.5. The summed E-state index contributed by atoms with van der Waals surface area (Å²) in [6.07, 6.45) is -0.334. The van der Waals surface area contributed by atoms with Crippen LogP contribution in [0.5, 0.6) is 0 Å². The number of carbonyl (C=O) groups is 1. The van der Waals surface area contributed by atoms with Gasteiger partial charge in [-0.15, -0.1) is 21.5 Å². The maximum Gasteiger partial charge on any atom is 0.246 e. The van der Waals surface area contributed by atoms with Crippen molar-refractivity contribution in [2.24, 2.45) is 0 Å². The molecule has 0 unspecified atom stereocenters. The van der Waals surface area contributed by atoms with E-state index in [4.69, 9.17) is 9.15 Å². The van der Waals surface area contributed by atoms with Crippen molar-refractivity contribution in [2.45, 2.75) is 25.9 Å². The average Bonchev–Trinajstić information content (AvgIpc) is 3.17. The Morgan fingerprint density at radius 3 is 3.05 bits per heavy atom. The molecule has 0 bridgehead atoms. The van der Waals surface area contributed by atoms with Gasteiger partial charge < -0.3 is 14.1 Å². The van der Waals surface area contributed by atoms with Crippen LogP contribution < -0.4 is 0 Å². The lowest BCUT2D eigenvalue weighted by molar-refractivity contribution is -0.141. The van der Waals surface area contributed by atoms with Gasteiger partial charge in [-0.1, -0.05) is 6.07 Å². The van der Waals surface area contributed by atoms with E-state index in [1.54, 1.807) is 18.3 Å². The standard InChI is InChI=1S/C14H17N3O3S/c1-9(12-4-3-7-21-12)14(18)17-5-6-19-11(8-17)13-16-15-10(2)20-13/h3-4,7,9,11H,5-6,8H2,1-2H3/t9-,11-/m1/s1. The number of aromatic nitrogens is 2. The number of nitrogens with zero attached hydrogens (tertiary/aromatic N) is 3. The van der Waals surface area contributed by atoms with Crippen LogP contribution in [0.1, 0.15) is 35.6 Å². The van der Waals surface area contributed by atoms with E-state index in [0.29, 0.717) is 31.5 Å². The minimum Gasteiger partial charge on any atom is -0.423 e. The molecule has 0 radical (unpaired) electrons. The number of thiophene rings is 1. The molecule has 0 aliphatic carbocycles. The Kier molecular flexibility index (Phi) is 4.03. The molecule has 1 fully saturated rings. The molecule has 2 aromatic heterocycles. The maximum absolute atomic E-state index is 12.6. The van der Waals surface area contributed by atoms with Crippen molar-refractivity contribution in [3.63, 3.8) is 0 Å². The van der Waals surface area contributed by atoms with Crippen molar-refractivity contribution in [1.29, 1.82) is 0 Å². The van der Waals surface area contributed by atoms with Crippen molar-refractivity contribution in [2.75, 3.05) is 19.7 Å². The summed E-state index contributed by atoms with van der Waals surface area (Å²) >= 11 is 1.60. The van der Waals surface area contributed by atoms with E-state index in [1.807, 2.05) is 29.3 Å². The van der Waals surface area contributed by atoms with Crippen molar-refractivity contribution in [1.82, 2.24) is 15.1 Å². The zero-order valence-electron chi connectivity index (χ0n) is 12.0. The molecular weight excluding hydrogens is 290 g/mol. The summed E-state index contributed by atoms with van der Waals surface area (Å²) in [5.41, 5.74) is 0. The number of hydrogen-bond acceptors (Lipinski definition) is 6. The van der Waals surface area contributed by atoms with Crippen LogP contribution in [-0.4, -0.2) is 40.7 Å². The molecule has 7 heteroatoms. The van der Waals surface area contributed by atoms with Gasteiger partial charge >= 0.3 is 0 Å². The van der Waals surface area contributed by atoms with Crippen molar-refractivity contribution < 1.29 is 13.9 Å². The third kappa shape index (κ3) is 2.98. The summed E-state index contributed by atoms with van der Waals surface area (Å²) in [4.78, 5) is 15.5. The Hall–Kier alpha value is -1.73. The summed E-state index contributed by atoms with van der Waals surface area (Å²) < 4.78 is 11.0. The molecule has 0 saturated carbocycles. The van der Waals surface area contributed by atoms with E-state index in [0.717, 1.165) is 4.88 Å². The van der Waals surface area contributed by atoms with Gasteiger partial charge in [-0.05, 0) is 18.4 Å². The Morgan fingerprint density at radius 2 is 2.38 bits per heavy atom. The van der Waals surface area contributed by atoms with Crippen molar-refractivity contribution in [3.05, 3.63) is 34.2 Å². The summed E-state index contributed by atoms with van der Waals surface area (Å²) in [5.74, 6) is 0.924. The molecule has 112 valence electrons. The van der Waals surface area contributed by atoms with E-state index in [-0.39, 0.29) is 17.9 Å². The van der Waals surface area contributed by atoms with Crippen LogP contribution in [0.2, 0.25) is 0 Å². The fraction of sp³-hybridized carbons (Fsp3) is 0.500. The van der Waals surface area contributed by atoms with E-state index < -0.39 is 0 Å². The molecule has 0 aromatic carbocycles. The smallest absolute Gasteiger partial charge is 0.246 e. The highest BCUT2D eigenvalue weighted by molar-refractivity contribution is 7.10. The predicted octanol–water partition coefficient (Wildman–Crippen LogP) is 2.14. The average molecular weight is 307 g/mol. The van der Waals surface area contributed by atoms with Gasteiger partial charge in [0.25, 0.3) is 0 Å². The highest BCUT2D eigenvalue weighted by Crippen LogP contribution is 2.26. The lowest BCUT2D eigenvalue weighted by atomic mass is 10.1. The summed E-state index contributed by atoms with van der Waals surface area (Å²) in [6.45, 7) is 5.21. The number of morpholine rings is 1. The Labute approximate surface area is 126 Å². The van der Waals surface area contributed by atoms with Crippen LogP contribution in [-0.2, 0) is 9.53 Å². The van der Waals surface area contributed by atoms with Gasteiger partial charge in [0.1, 0.15) is 0 Å². The Bertz CT molecular complexity index is 611. The first-order valence-electron chi connectivity index (χ1n) is 6.89. The van der Waals surface area contributed by atoms with Gasteiger partial charge in [-0.2, -0.15) is 0 Å². The zero-order valence-corrected chi connectivity index (χ0v) is 12.8. The van der Waals surface area contributed by atoms with Gasteiger partial charge in [0.15, 0.2) is 6.10 Å². The second kappa shape index (κ2) is 5.95. The molecule has 6 nitrogen and oxygen atoms in total. The molecule has 3 rings (SSSR count). The molecule has 21 heavy (non-hydrogen) atoms. The Morgan fingerprint density at radius 1 is 1.52 bits per heavy atom. The van der Waals surface area contributed by atoms with Crippen molar-refractivity contribution in [3.8, 4) is 0 Å². The fourth-order valence-electron chi connectivity index (χ4n) is 2.37. The number of amides is 1. The third-order valence-electron chi connectivity index (χ3n) is 3.54. The minimum absolute atomic E-state index is 0.113. The molecule has 0 N–H and O–H groups in total. The highest BCUT2D eigenvalue weighted by atomic mass is 32.1. The van der Waals surface area contributed by atoms with Gasteiger partial charge in [-0.25, -0.2) is 0 Å². The molecule has 1 aliphatic rings. The number of aryl methyl sites for hydroxylation is 1. The summed E-state index contributed by atoms with van der Waals surface area (Å²) in [7, 11) is 0. The first-order valence-corrected chi connectivity index (χ1v) is 7.77. The van der Waals surface area contributed by atoms with Crippen LogP contribution in [0.25, 0.3) is 0 Å². The summed E-state index contributed by atoms with van der Waals surface area (Å²) in [5, 5.41) is 9.78. The van der Waals surface area contributed by atoms with E-state index in [9.17, 15) is 4.79 Å². The zero-order chi connectivity index (χ0) is 14.8. The lowest BCUT2D eigenvalue weighted by Crippen LogP contribution is -2.44. The van der Waals surface area contributed by atoms with Gasteiger partial charge in [0, 0.05) is 18.3 Å². The number of ether oxygens (including phenoxy) is 1. The molecule has 3 heterocycles. The first kappa shape index (κ1) is 14.2. The summed E-state index contributed by atoms with van der Waals surface area (Å²) in [6, 6.07) is 3.96. The fourth-order valence-corrected chi connectivity index (χ4v) is 3.15. The minimum atomic E-state index is -0.334. The van der Waals surface area contributed by atoms with E-state index in [2.05, 4.69) is 10.2 Å². The molecule has 1 saturated heterocycles. The van der Waals surface area contributed by atoms with Gasteiger partial charge in [0.2, 0.25) is 17.7 Å². The first-order chi connectivity index (χ1) is 10.1. The quantitative estimate of drug-likeness (QED) is 0.869. The number of hydrogen-bond donors (Lipinski definition) is 0. The topological polar surface area (TPSA) is 68.5 Å². The van der Waals surface area contributed by atoms with Crippen molar-refractivity contribution >= 4 is 17.2 Å². The second-order valence-electron chi connectivity index (χ2n) is 5.04. The third-order valence-corrected chi connectivity index (χ3v) is 4.59. The second-order valence-corrected chi connectivity index (χ2v) is 6.02. The predicted molar refractivity (Wildman–Crippen MR) is 77.0 cm³/mol. The number of carbonyl (C=O) groups excluding carboxylic acids is 1. The van der Waals surface area contributed by atoms with Gasteiger partial charge in [0.05, 0.1) is 19.1 Å². The van der Waals surface area contributed by atoms with Crippen LogP contribution in [0.15, 0.2) is 21.9 Å². The van der Waals surface area contributed by atoms with Gasteiger partial charge in [-0.3, -0.25) is 4.79 Å².